The minimum absolute atomic E-state index is 0.0470. The Labute approximate surface area is 274 Å². The summed E-state index contributed by atoms with van der Waals surface area (Å²) in [5, 5.41) is 6.31. The molecule has 0 aromatic heterocycles. The summed E-state index contributed by atoms with van der Waals surface area (Å²) in [6.07, 6.45) is 5.65. The van der Waals surface area contributed by atoms with E-state index in [1.165, 1.54) is 5.69 Å². The SMILES string of the molecule is CCC/C=C(NCCCN1C(=O)C2CCC(C)CC1CC2)/C(=C\N=C(C)Nc1ccc(N2CCN(C)CC2)cc1CC)C(F)(F)F. The lowest BCUT2D eigenvalue weighted by molar-refractivity contribution is -0.144. The largest absolute Gasteiger partial charge is 0.419 e. The van der Waals surface area contributed by atoms with Crippen LogP contribution in [-0.2, 0) is 11.2 Å². The fourth-order valence-corrected chi connectivity index (χ4v) is 6.94. The Morgan fingerprint density at radius 2 is 1.83 bits per heavy atom. The van der Waals surface area contributed by atoms with Crippen LogP contribution in [0.3, 0.4) is 0 Å². The van der Waals surface area contributed by atoms with Crippen LogP contribution in [0, 0.1) is 11.8 Å². The molecular weight excluding hydrogens is 589 g/mol. The molecule has 1 saturated carbocycles. The molecule has 46 heavy (non-hydrogen) atoms. The second-order valence-electron chi connectivity index (χ2n) is 13.4. The molecule has 2 N–H and O–H groups in total. The lowest BCUT2D eigenvalue weighted by atomic mass is 9.79. The number of benzene rings is 1. The lowest BCUT2D eigenvalue weighted by Crippen LogP contribution is -2.50. The van der Waals surface area contributed by atoms with Crippen molar-refractivity contribution < 1.29 is 18.0 Å². The molecule has 3 aliphatic heterocycles. The number of piperidine rings is 1. The van der Waals surface area contributed by atoms with Crippen molar-refractivity contribution >= 4 is 23.1 Å². The number of amides is 1. The van der Waals surface area contributed by atoms with Crippen molar-refractivity contribution in [3.63, 3.8) is 0 Å². The van der Waals surface area contributed by atoms with Crippen LogP contribution in [0.2, 0.25) is 0 Å². The van der Waals surface area contributed by atoms with Gasteiger partial charge in [0.15, 0.2) is 0 Å². The maximum Gasteiger partial charge on any atom is 0.419 e. The molecule has 5 rings (SSSR count). The summed E-state index contributed by atoms with van der Waals surface area (Å²) in [6.45, 7) is 12.9. The van der Waals surface area contributed by atoms with Crippen LogP contribution in [0.25, 0.3) is 0 Å². The number of rotatable bonds is 12. The first kappa shape index (κ1) is 35.8. The zero-order chi connectivity index (χ0) is 33.3. The van der Waals surface area contributed by atoms with Crippen LogP contribution in [0.1, 0.15) is 84.6 Å². The van der Waals surface area contributed by atoms with E-state index in [4.69, 9.17) is 0 Å². The third kappa shape index (κ3) is 9.75. The summed E-state index contributed by atoms with van der Waals surface area (Å²) in [5.41, 5.74) is 2.37. The van der Waals surface area contributed by atoms with Crippen molar-refractivity contribution in [1.29, 1.82) is 0 Å². The van der Waals surface area contributed by atoms with Crippen LogP contribution < -0.4 is 15.5 Å². The first-order chi connectivity index (χ1) is 22.0. The molecule has 2 bridgehead atoms. The number of likely N-dealkylation sites (N-methyl/N-ethyl adjacent to an activating group) is 1. The van der Waals surface area contributed by atoms with Crippen molar-refractivity contribution in [3.05, 3.63) is 47.3 Å². The minimum Gasteiger partial charge on any atom is -0.385 e. The summed E-state index contributed by atoms with van der Waals surface area (Å²) < 4.78 is 43.2. The van der Waals surface area contributed by atoms with Crippen molar-refractivity contribution in [2.75, 3.05) is 56.5 Å². The maximum absolute atomic E-state index is 14.4. The highest BCUT2D eigenvalue weighted by Crippen LogP contribution is 2.36. The Balaban J connectivity index is 1.43. The topological polar surface area (TPSA) is 63.2 Å². The number of aryl methyl sites for hydroxylation is 1. The van der Waals surface area contributed by atoms with Gasteiger partial charge in [-0.15, -0.1) is 0 Å². The van der Waals surface area contributed by atoms with Gasteiger partial charge in [-0.25, -0.2) is 4.99 Å². The van der Waals surface area contributed by atoms with Gasteiger partial charge in [0.2, 0.25) is 5.91 Å². The normalized spacial score (nSPS) is 23.9. The number of hydrogen-bond donors (Lipinski definition) is 2. The van der Waals surface area contributed by atoms with Crippen LogP contribution in [0.5, 0.6) is 0 Å². The molecule has 256 valence electrons. The van der Waals surface area contributed by atoms with Gasteiger partial charge in [-0.05, 0) is 95.0 Å². The highest BCUT2D eigenvalue weighted by Gasteiger charge is 2.38. The van der Waals surface area contributed by atoms with Gasteiger partial charge in [0.1, 0.15) is 5.84 Å². The molecular formula is C36H55F3N6O. The summed E-state index contributed by atoms with van der Waals surface area (Å²) in [5.74, 6) is 1.32. The maximum atomic E-state index is 14.4. The molecule has 0 spiro atoms. The standard InChI is InChI=1S/C36H55F3N6O/c1-6-8-10-34(40-17-9-18-45-31-14-13-29(35(45)46)12-11-26(3)23-31)32(36(37,38)39)25-41-27(4)42-33-16-15-30(24-28(33)7-2)44-21-19-43(5)20-22-44/h10,15-16,24-26,29,31,40H,6-9,11-14,17-23H2,1-5H3,(H,41,42)/b32-25+,34-10-. The predicted molar refractivity (Wildman–Crippen MR) is 183 cm³/mol. The van der Waals surface area contributed by atoms with Gasteiger partial charge in [0.05, 0.1) is 5.57 Å². The quantitative estimate of drug-likeness (QED) is 0.108. The molecule has 4 aliphatic rings. The number of alkyl halides is 3. The van der Waals surface area contributed by atoms with Crippen molar-refractivity contribution in [2.45, 2.75) is 97.7 Å². The summed E-state index contributed by atoms with van der Waals surface area (Å²) in [7, 11) is 2.13. The number of aliphatic imine (C=N–C) groups is 1. The smallest absolute Gasteiger partial charge is 0.385 e. The molecule has 1 aromatic rings. The molecule has 3 heterocycles. The number of allylic oxidation sites excluding steroid dienone is 2. The van der Waals surface area contributed by atoms with Crippen LogP contribution in [0.4, 0.5) is 24.5 Å². The zero-order valence-electron chi connectivity index (χ0n) is 28.6. The van der Waals surface area contributed by atoms with E-state index in [0.29, 0.717) is 37.7 Å². The molecule has 3 unspecified atom stereocenters. The number of carbonyl (C=O) groups excluding carboxylic acids is 1. The molecule has 1 aliphatic carbocycles. The third-order valence-electron chi connectivity index (χ3n) is 9.77. The number of halogens is 3. The van der Waals surface area contributed by atoms with Gasteiger partial charge in [0.25, 0.3) is 0 Å². The molecule has 7 nitrogen and oxygen atoms in total. The summed E-state index contributed by atoms with van der Waals surface area (Å²) in [6, 6.07) is 6.48. The van der Waals surface area contributed by atoms with Crippen LogP contribution >= 0.6 is 0 Å². The number of amidine groups is 1. The lowest BCUT2D eigenvalue weighted by Gasteiger charge is -2.43. The Morgan fingerprint density at radius 1 is 1.09 bits per heavy atom. The first-order valence-corrected chi connectivity index (χ1v) is 17.4. The number of piperazine rings is 1. The number of carbonyl (C=O) groups is 1. The Bertz CT molecular complexity index is 1250. The number of nitrogens with one attached hydrogen (secondary N) is 2. The van der Waals surface area contributed by atoms with E-state index in [2.05, 4.69) is 58.5 Å². The van der Waals surface area contributed by atoms with E-state index in [0.717, 1.165) is 88.6 Å². The second-order valence-corrected chi connectivity index (χ2v) is 13.4. The average Bonchev–Trinajstić information content (AvgIpc) is 3.01. The highest BCUT2D eigenvalue weighted by molar-refractivity contribution is 5.95. The van der Waals surface area contributed by atoms with Crippen molar-refractivity contribution in [3.8, 4) is 0 Å². The fraction of sp³-hybridized carbons (Fsp3) is 0.667. The van der Waals surface area contributed by atoms with Crippen molar-refractivity contribution in [2.24, 2.45) is 16.8 Å². The van der Waals surface area contributed by atoms with E-state index in [1.807, 2.05) is 17.9 Å². The molecule has 1 amide bonds. The monoisotopic (exact) mass is 644 g/mol. The van der Waals surface area contributed by atoms with Gasteiger partial charge in [-0.2, -0.15) is 13.2 Å². The van der Waals surface area contributed by atoms with E-state index in [9.17, 15) is 18.0 Å². The fourth-order valence-electron chi connectivity index (χ4n) is 6.94. The van der Waals surface area contributed by atoms with Crippen LogP contribution in [0.15, 0.2) is 46.7 Å². The predicted octanol–water partition coefficient (Wildman–Crippen LogP) is 7.37. The van der Waals surface area contributed by atoms with Gasteiger partial charge in [-0.3, -0.25) is 4.79 Å². The van der Waals surface area contributed by atoms with Gasteiger partial charge in [-0.1, -0.05) is 33.3 Å². The molecule has 3 atom stereocenters. The van der Waals surface area contributed by atoms with Gasteiger partial charge in [0, 0.05) is 74.5 Å². The van der Waals surface area contributed by atoms with Crippen LogP contribution in [-0.4, -0.2) is 80.1 Å². The minimum atomic E-state index is -4.58. The van der Waals surface area contributed by atoms with Gasteiger partial charge < -0.3 is 25.3 Å². The zero-order valence-corrected chi connectivity index (χ0v) is 28.6. The number of nitrogens with zero attached hydrogens (tertiary/aromatic N) is 4. The molecule has 4 fully saturated rings. The average molecular weight is 645 g/mol. The van der Waals surface area contributed by atoms with E-state index in [-0.39, 0.29) is 23.6 Å². The Kier molecular flexibility index (Phi) is 13.0. The third-order valence-corrected chi connectivity index (χ3v) is 9.77. The Hall–Kier alpha value is -3.01. The number of hydrogen-bond acceptors (Lipinski definition) is 5. The first-order valence-electron chi connectivity index (χ1n) is 17.4. The molecule has 3 saturated heterocycles. The number of unbranched alkanes of at least 4 members (excludes halogenated alkanes) is 1. The molecule has 1 aromatic carbocycles. The number of anilines is 2. The number of fused-ring (bicyclic) bond motifs is 5. The molecule has 10 heteroatoms. The molecule has 0 radical (unpaired) electrons. The van der Waals surface area contributed by atoms with E-state index < -0.39 is 11.7 Å². The highest BCUT2D eigenvalue weighted by atomic mass is 19.4. The second kappa shape index (κ2) is 16.7. The Morgan fingerprint density at radius 3 is 2.52 bits per heavy atom. The summed E-state index contributed by atoms with van der Waals surface area (Å²) >= 11 is 0. The van der Waals surface area contributed by atoms with E-state index in [1.54, 1.807) is 13.0 Å². The summed E-state index contributed by atoms with van der Waals surface area (Å²) in [4.78, 5) is 24.1. The van der Waals surface area contributed by atoms with Crippen molar-refractivity contribution in [1.82, 2.24) is 15.1 Å². The van der Waals surface area contributed by atoms with E-state index >= 15 is 0 Å². The van der Waals surface area contributed by atoms with Gasteiger partial charge >= 0.3 is 6.18 Å².